The van der Waals surface area contributed by atoms with Crippen LogP contribution in [0.2, 0.25) is 0 Å². The molecule has 0 radical (unpaired) electrons. The third-order valence-electron chi connectivity index (χ3n) is 3.66. The molecular weight excluding hydrogens is 270 g/mol. The number of nitrogens with zero attached hydrogens (tertiary/aromatic N) is 2. The largest absolute Gasteiger partial charge is 0.469 e. The van der Waals surface area contributed by atoms with E-state index < -0.39 is 0 Å². The van der Waals surface area contributed by atoms with Gasteiger partial charge in [-0.1, -0.05) is 0 Å². The molecule has 0 bridgehead atoms. The summed E-state index contributed by atoms with van der Waals surface area (Å²) in [5.74, 6) is 0.963. The minimum atomic E-state index is -0.303. The summed E-state index contributed by atoms with van der Waals surface area (Å²) in [5.41, 5.74) is 0.105. The zero-order valence-corrected chi connectivity index (χ0v) is 12.6. The molecule has 6 nitrogen and oxygen atoms in total. The number of aromatic nitrogens is 2. The highest BCUT2D eigenvalue weighted by Crippen LogP contribution is 2.06. The highest BCUT2D eigenvalue weighted by molar-refractivity contribution is 5.02. The first kappa shape index (κ1) is 15.3. The maximum absolute atomic E-state index is 11.8. The maximum Gasteiger partial charge on any atom is 0.330 e. The van der Waals surface area contributed by atoms with E-state index in [1.54, 1.807) is 13.3 Å². The average molecular weight is 291 g/mol. The first-order valence-corrected chi connectivity index (χ1v) is 7.00. The van der Waals surface area contributed by atoms with Gasteiger partial charge in [-0.15, -0.1) is 0 Å². The predicted molar refractivity (Wildman–Crippen MR) is 80.3 cm³/mol. The van der Waals surface area contributed by atoms with Crippen LogP contribution >= 0.6 is 0 Å². The van der Waals surface area contributed by atoms with E-state index in [1.165, 1.54) is 17.7 Å². The Morgan fingerprint density at radius 1 is 1.29 bits per heavy atom. The lowest BCUT2D eigenvalue weighted by Crippen LogP contribution is -2.39. The minimum absolute atomic E-state index is 0.259. The van der Waals surface area contributed by atoms with Crippen molar-refractivity contribution in [3.05, 3.63) is 56.8 Å². The monoisotopic (exact) mass is 291 g/mol. The lowest BCUT2D eigenvalue weighted by atomic mass is 10.1. The molecule has 0 aliphatic rings. The summed E-state index contributed by atoms with van der Waals surface area (Å²) in [6.07, 6.45) is 3.45. The molecule has 114 valence electrons. The van der Waals surface area contributed by atoms with E-state index in [-0.39, 0.29) is 17.3 Å². The summed E-state index contributed by atoms with van der Waals surface area (Å²) >= 11 is 0. The van der Waals surface area contributed by atoms with E-state index >= 15 is 0 Å². The first-order chi connectivity index (χ1) is 9.99. The smallest absolute Gasteiger partial charge is 0.330 e. The van der Waals surface area contributed by atoms with Gasteiger partial charge in [0.1, 0.15) is 5.76 Å². The van der Waals surface area contributed by atoms with Gasteiger partial charge < -0.3 is 9.73 Å². The second-order valence-electron chi connectivity index (χ2n) is 5.27. The van der Waals surface area contributed by atoms with E-state index in [0.29, 0.717) is 12.2 Å². The second-order valence-corrected chi connectivity index (χ2v) is 5.27. The molecule has 2 rings (SSSR count). The highest BCUT2D eigenvalue weighted by atomic mass is 16.3. The summed E-state index contributed by atoms with van der Waals surface area (Å²) in [6.45, 7) is 2.56. The van der Waals surface area contributed by atoms with Gasteiger partial charge >= 0.3 is 5.69 Å². The van der Waals surface area contributed by atoms with Crippen LogP contribution in [0.25, 0.3) is 0 Å². The van der Waals surface area contributed by atoms with Gasteiger partial charge in [-0.05, 0) is 25.5 Å². The van der Waals surface area contributed by atoms with Crippen molar-refractivity contribution in [3.63, 3.8) is 0 Å². The molecule has 2 aromatic heterocycles. The number of hydrogen-bond donors (Lipinski definition) is 1. The Bertz CT molecular complexity index is 698. The van der Waals surface area contributed by atoms with Crippen molar-refractivity contribution in [3.8, 4) is 0 Å². The summed E-state index contributed by atoms with van der Waals surface area (Å²) in [4.78, 5) is 23.5. The van der Waals surface area contributed by atoms with Crippen molar-refractivity contribution >= 4 is 0 Å². The molecule has 21 heavy (non-hydrogen) atoms. The van der Waals surface area contributed by atoms with Gasteiger partial charge in [0.05, 0.1) is 6.26 Å². The quantitative estimate of drug-likeness (QED) is 0.854. The van der Waals surface area contributed by atoms with Gasteiger partial charge in [-0.3, -0.25) is 13.9 Å². The standard InChI is InChI=1S/C15H21N3O3/c1-11(6-7-13-5-4-8-21-13)16-10-12-9-14(19)18(3)15(20)17(12)2/h4-5,8-9,11,16H,6-7,10H2,1-3H3. The highest BCUT2D eigenvalue weighted by Gasteiger charge is 2.08. The van der Waals surface area contributed by atoms with Crippen LogP contribution in [-0.2, 0) is 27.1 Å². The molecule has 0 spiro atoms. The van der Waals surface area contributed by atoms with E-state index in [9.17, 15) is 9.59 Å². The maximum atomic E-state index is 11.8. The summed E-state index contributed by atoms with van der Waals surface area (Å²) in [7, 11) is 3.15. The number of furan rings is 1. The van der Waals surface area contributed by atoms with E-state index in [4.69, 9.17) is 4.42 Å². The molecule has 0 saturated carbocycles. The van der Waals surface area contributed by atoms with Gasteiger partial charge in [0.25, 0.3) is 5.56 Å². The molecule has 0 amide bonds. The minimum Gasteiger partial charge on any atom is -0.469 e. The molecule has 0 saturated heterocycles. The second kappa shape index (κ2) is 6.58. The first-order valence-electron chi connectivity index (χ1n) is 7.00. The zero-order valence-electron chi connectivity index (χ0n) is 12.6. The van der Waals surface area contributed by atoms with Crippen LogP contribution in [-0.4, -0.2) is 15.2 Å². The van der Waals surface area contributed by atoms with Crippen LogP contribution in [0.5, 0.6) is 0 Å². The average Bonchev–Trinajstić information content (AvgIpc) is 2.98. The van der Waals surface area contributed by atoms with Crippen molar-refractivity contribution in [2.24, 2.45) is 14.1 Å². The molecule has 1 atom stereocenters. The lowest BCUT2D eigenvalue weighted by Gasteiger charge is -2.15. The van der Waals surface area contributed by atoms with Gasteiger partial charge in [-0.25, -0.2) is 4.79 Å². The third kappa shape index (κ3) is 3.72. The SMILES string of the molecule is CC(CCc1ccco1)NCc1cc(=O)n(C)c(=O)n1C. The van der Waals surface area contributed by atoms with E-state index in [2.05, 4.69) is 12.2 Å². The Kier molecular flexibility index (Phi) is 4.80. The molecule has 2 heterocycles. The molecule has 0 aliphatic heterocycles. The summed E-state index contributed by atoms with van der Waals surface area (Å²) in [6, 6.07) is 5.59. The van der Waals surface area contributed by atoms with Gasteiger partial charge in [0, 0.05) is 44.9 Å². The normalized spacial score (nSPS) is 12.5. The third-order valence-corrected chi connectivity index (χ3v) is 3.66. The molecule has 6 heteroatoms. The van der Waals surface area contributed by atoms with Crippen molar-refractivity contribution in [2.45, 2.75) is 32.4 Å². The number of aryl methyl sites for hydroxylation is 1. The number of nitrogens with one attached hydrogen (secondary N) is 1. The topological polar surface area (TPSA) is 69.2 Å². The van der Waals surface area contributed by atoms with Crippen molar-refractivity contribution < 1.29 is 4.42 Å². The van der Waals surface area contributed by atoms with Crippen LogP contribution in [0.3, 0.4) is 0 Å². The molecule has 2 aromatic rings. The van der Waals surface area contributed by atoms with Crippen molar-refractivity contribution in [1.29, 1.82) is 0 Å². The summed E-state index contributed by atoms with van der Waals surface area (Å²) in [5, 5.41) is 3.33. The van der Waals surface area contributed by atoms with Crippen LogP contribution < -0.4 is 16.6 Å². The van der Waals surface area contributed by atoms with Crippen LogP contribution in [0.4, 0.5) is 0 Å². The van der Waals surface area contributed by atoms with Crippen LogP contribution in [0, 0.1) is 0 Å². The number of rotatable bonds is 6. The van der Waals surface area contributed by atoms with Gasteiger partial charge in [-0.2, -0.15) is 0 Å². The summed E-state index contributed by atoms with van der Waals surface area (Å²) < 4.78 is 7.89. The number of hydrogen-bond acceptors (Lipinski definition) is 4. The lowest BCUT2D eigenvalue weighted by molar-refractivity contribution is 0.454. The molecule has 0 fully saturated rings. The van der Waals surface area contributed by atoms with E-state index in [1.807, 2.05) is 12.1 Å². The Hall–Kier alpha value is -2.08. The zero-order chi connectivity index (χ0) is 15.4. The Morgan fingerprint density at radius 3 is 2.71 bits per heavy atom. The Balaban J connectivity index is 1.94. The fraction of sp³-hybridized carbons (Fsp3) is 0.467. The Morgan fingerprint density at radius 2 is 2.05 bits per heavy atom. The molecule has 0 aliphatic carbocycles. The molecule has 1 N–H and O–H groups in total. The predicted octanol–water partition coefficient (Wildman–Crippen LogP) is 0.788. The fourth-order valence-electron chi connectivity index (χ4n) is 2.14. The van der Waals surface area contributed by atoms with Gasteiger partial charge in [0.2, 0.25) is 0 Å². The van der Waals surface area contributed by atoms with Crippen molar-refractivity contribution in [2.75, 3.05) is 0 Å². The van der Waals surface area contributed by atoms with E-state index in [0.717, 1.165) is 23.2 Å². The fourth-order valence-corrected chi connectivity index (χ4v) is 2.14. The van der Waals surface area contributed by atoms with Crippen LogP contribution in [0.15, 0.2) is 38.5 Å². The molecule has 1 unspecified atom stereocenters. The van der Waals surface area contributed by atoms with Crippen molar-refractivity contribution in [1.82, 2.24) is 14.5 Å². The molecule has 0 aromatic carbocycles. The van der Waals surface area contributed by atoms with Gasteiger partial charge in [0.15, 0.2) is 0 Å². The Labute approximate surface area is 123 Å². The van der Waals surface area contributed by atoms with Crippen LogP contribution in [0.1, 0.15) is 24.8 Å². The molecular formula is C15H21N3O3.